The molecule has 1 amide bonds. The van der Waals surface area contributed by atoms with Gasteiger partial charge in [0.2, 0.25) is 0 Å². The summed E-state index contributed by atoms with van der Waals surface area (Å²) in [5.74, 6) is 1.33. The summed E-state index contributed by atoms with van der Waals surface area (Å²) >= 11 is 1.59. The van der Waals surface area contributed by atoms with Gasteiger partial charge in [0, 0.05) is 23.1 Å². The number of amides is 1. The van der Waals surface area contributed by atoms with Gasteiger partial charge in [-0.05, 0) is 41.5 Å². The molecule has 0 aromatic heterocycles. The molecule has 2 aliphatic heterocycles. The maximum atomic E-state index is 13.5. The Morgan fingerprint density at radius 3 is 2.48 bits per heavy atom. The van der Waals surface area contributed by atoms with Crippen LogP contribution >= 0.6 is 11.8 Å². The first-order valence-electron chi connectivity index (χ1n) is 10.3. The molecule has 1 unspecified atom stereocenters. The summed E-state index contributed by atoms with van der Waals surface area (Å²) in [4.78, 5) is 16.4. The fourth-order valence-electron chi connectivity index (χ4n) is 4.38. The maximum Gasteiger partial charge on any atom is 0.252 e. The summed E-state index contributed by atoms with van der Waals surface area (Å²) in [5.41, 5.74) is 2.95. The van der Waals surface area contributed by atoms with Gasteiger partial charge in [-0.1, -0.05) is 60.3 Å². The van der Waals surface area contributed by atoms with Gasteiger partial charge in [0.15, 0.2) is 11.5 Å². The molecule has 1 spiro atoms. The lowest BCUT2D eigenvalue weighted by molar-refractivity contribution is -0.119. The molecule has 1 atom stereocenters. The van der Waals surface area contributed by atoms with Gasteiger partial charge >= 0.3 is 0 Å². The van der Waals surface area contributed by atoms with Crippen LogP contribution in [0.4, 0.5) is 5.69 Å². The van der Waals surface area contributed by atoms with Gasteiger partial charge in [-0.25, -0.2) is 0 Å². The van der Waals surface area contributed by atoms with E-state index >= 15 is 0 Å². The first kappa shape index (κ1) is 19.8. The van der Waals surface area contributed by atoms with Crippen LogP contribution in [-0.2, 0) is 9.54 Å². The highest BCUT2D eigenvalue weighted by atomic mass is 32.2. The lowest BCUT2D eigenvalue weighted by Crippen LogP contribution is -2.35. The minimum Gasteiger partial charge on any atom is -0.493 e. The molecule has 3 aromatic rings. The number of allylic oxidation sites excluding steroid dienone is 1. The highest BCUT2D eigenvalue weighted by Gasteiger charge is 2.52. The zero-order chi connectivity index (χ0) is 21.6. The Bertz CT molecular complexity index is 1260. The van der Waals surface area contributed by atoms with Crippen molar-refractivity contribution in [3.8, 4) is 11.5 Å². The number of carbonyl (C=O) groups is 1. The summed E-state index contributed by atoms with van der Waals surface area (Å²) in [5, 5.41) is 2.42. The van der Waals surface area contributed by atoms with E-state index in [1.165, 1.54) is 10.8 Å². The van der Waals surface area contributed by atoms with Crippen LogP contribution in [0.2, 0.25) is 0 Å². The third-order valence-corrected chi connectivity index (χ3v) is 7.26. The molecule has 0 fully saturated rings. The molecule has 3 aromatic carbocycles. The van der Waals surface area contributed by atoms with Crippen molar-refractivity contribution in [2.75, 3.05) is 25.7 Å². The minimum atomic E-state index is -0.770. The van der Waals surface area contributed by atoms with Crippen molar-refractivity contribution in [1.82, 2.24) is 0 Å². The third-order valence-electron chi connectivity index (χ3n) is 5.92. The van der Waals surface area contributed by atoms with Crippen LogP contribution < -0.4 is 14.4 Å². The lowest BCUT2D eigenvalue weighted by Gasteiger charge is -2.21. The monoisotopic (exact) mass is 429 g/mol. The molecular weight excluding hydrogens is 406 g/mol. The summed E-state index contributed by atoms with van der Waals surface area (Å²) in [7, 11) is 3.23. The Hall–Kier alpha value is -3.18. The number of nitrogens with zero attached hydrogens (tertiary/aromatic N) is 1. The minimum absolute atomic E-state index is 0.0727. The van der Waals surface area contributed by atoms with E-state index in [4.69, 9.17) is 9.47 Å². The quantitative estimate of drug-likeness (QED) is 0.528. The van der Waals surface area contributed by atoms with Gasteiger partial charge in [-0.3, -0.25) is 4.79 Å². The molecule has 0 aliphatic carbocycles. The molecule has 5 heteroatoms. The van der Waals surface area contributed by atoms with Crippen LogP contribution in [0, 0.1) is 0 Å². The summed E-state index contributed by atoms with van der Waals surface area (Å²) in [6.45, 7) is 2.59. The van der Waals surface area contributed by atoms with E-state index in [1.807, 2.05) is 42.2 Å². The zero-order valence-electron chi connectivity index (χ0n) is 17.7. The van der Waals surface area contributed by atoms with Crippen LogP contribution in [0.5, 0.6) is 11.5 Å². The summed E-state index contributed by atoms with van der Waals surface area (Å²) in [6.07, 6.45) is 6.22. The second-order valence-corrected chi connectivity index (χ2v) is 8.92. The number of rotatable bonds is 4. The topological polar surface area (TPSA) is 38.8 Å². The normalized spacial score (nSPS) is 20.8. The molecule has 0 bridgehead atoms. The van der Waals surface area contributed by atoms with E-state index < -0.39 is 4.75 Å². The fourth-order valence-corrected chi connectivity index (χ4v) is 5.69. The van der Waals surface area contributed by atoms with Gasteiger partial charge in [0.05, 0.1) is 19.9 Å². The van der Waals surface area contributed by atoms with Crippen molar-refractivity contribution < 1.29 is 14.3 Å². The van der Waals surface area contributed by atoms with Crippen molar-refractivity contribution in [2.24, 2.45) is 0 Å². The molecular formula is C26H23NO3S. The van der Waals surface area contributed by atoms with E-state index in [0.717, 1.165) is 21.7 Å². The predicted octanol–water partition coefficient (Wildman–Crippen LogP) is 5.76. The Balaban J connectivity index is 1.56. The van der Waals surface area contributed by atoms with Crippen LogP contribution in [0.25, 0.3) is 16.8 Å². The number of methoxy groups -OCH3 is 2. The molecule has 0 saturated carbocycles. The number of hydrogen-bond donors (Lipinski definition) is 0. The first-order chi connectivity index (χ1) is 15.1. The molecule has 2 heterocycles. The smallest absolute Gasteiger partial charge is 0.252 e. The van der Waals surface area contributed by atoms with E-state index in [-0.39, 0.29) is 5.91 Å². The number of fused-ring (bicyclic) bond motifs is 3. The van der Waals surface area contributed by atoms with Crippen LogP contribution in [-0.4, -0.2) is 26.7 Å². The molecule has 2 aliphatic rings. The maximum absolute atomic E-state index is 13.5. The molecule has 4 nitrogen and oxygen atoms in total. The SMILES string of the molecule is CCN1C(=O)C2(C=C/C(=C/c3ccc4ccccc4c3)S2)c2cc(OC)c(OC)cc21. The van der Waals surface area contributed by atoms with Crippen molar-refractivity contribution >= 4 is 40.2 Å². The standard InChI is InChI=1S/C26H23NO3S/c1-4-27-22-16-24(30-3)23(29-2)15-21(22)26(25(27)28)12-11-20(31-26)14-17-9-10-18-7-5-6-8-19(18)13-17/h5-16H,4H2,1-3H3/b20-14-. The molecule has 5 rings (SSSR count). The third kappa shape index (κ3) is 3.03. The second kappa shape index (κ2) is 7.50. The largest absolute Gasteiger partial charge is 0.493 e. The van der Waals surface area contributed by atoms with Crippen LogP contribution in [0.15, 0.2) is 71.7 Å². The highest BCUT2D eigenvalue weighted by molar-refractivity contribution is 8.05. The second-order valence-electron chi connectivity index (χ2n) is 7.60. The van der Waals surface area contributed by atoms with Gasteiger partial charge in [-0.15, -0.1) is 0 Å². The summed E-state index contributed by atoms with van der Waals surface area (Å²) in [6, 6.07) is 18.6. The van der Waals surface area contributed by atoms with Gasteiger partial charge < -0.3 is 14.4 Å². The number of hydrogen-bond acceptors (Lipinski definition) is 4. The Kier molecular flexibility index (Phi) is 4.78. The van der Waals surface area contributed by atoms with Crippen molar-refractivity contribution in [3.05, 3.63) is 82.8 Å². The van der Waals surface area contributed by atoms with Crippen LogP contribution in [0.3, 0.4) is 0 Å². The van der Waals surface area contributed by atoms with Gasteiger partial charge in [-0.2, -0.15) is 0 Å². The highest BCUT2D eigenvalue weighted by Crippen LogP contribution is 2.58. The van der Waals surface area contributed by atoms with E-state index in [1.54, 1.807) is 26.0 Å². The van der Waals surface area contributed by atoms with E-state index in [9.17, 15) is 4.79 Å². The Labute approximate surface area is 186 Å². The molecule has 0 N–H and O–H groups in total. The average molecular weight is 430 g/mol. The molecule has 0 saturated heterocycles. The fraction of sp³-hybridized carbons (Fsp3) is 0.192. The Morgan fingerprint density at radius 2 is 1.74 bits per heavy atom. The zero-order valence-corrected chi connectivity index (χ0v) is 18.5. The number of carbonyl (C=O) groups excluding carboxylic acids is 1. The summed E-state index contributed by atoms with van der Waals surface area (Å²) < 4.78 is 10.2. The lowest BCUT2D eigenvalue weighted by atomic mass is 9.98. The number of likely N-dealkylation sites (N-methyl/N-ethyl adjacent to an activating group) is 1. The first-order valence-corrected chi connectivity index (χ1v) is 11.1. The number of ether oxygens (including phenoxy) is 2. The van der Waals surface area contributed by atoms with Crippen molar-refractivity contribution in [1.29, 1.82) is 0 Å². The predicted molar refractivity (Wildman–Crippen MR) is 128 cm³/mol. The van der Waals surface area contributed by atoms with Crippen molar-refractivity contribution in [3.63, 3.8) is 0 Å². The number of thioether (sulfide) groups is 1. The van der Waals surface area contributed by atoms with E-state index in [2.05, 4.69) is 42.5 Å². The van der Waals surface area contributed by atoms with Gasteiger partial charge in [0.1, 0.15) is 4.75 Å². The van der Waals surface area contributed by atoms with E-state index in [0.29, 0.717) is 18.0 Å². The molecule has 0 radical (unpaired) electrons. The number of anilines is 1. The molecule has 31 heavy (non-hydrogen) atoms. The number of benzene rings is 3. The van der Waals surface area contributed by atoms with Gasteiger partial charge in [0.25, 0.3) is 5.91 Å². The Morgan fingerprint density at radius 1 is 1.00 bits per heavy atom. The van der Waals surface area contributed by atoms with Crippen molar-refractivity contribution in [2.45, 2.75) is 11.7 Å². The molecule has 156 valence electrons. The van der Waals surface area contributed by atoms with Crippen LogP contribution in [0.1, 0.15) is 18.1 Å². The average Bonchev–Trinajstić information content (AvgIpc) is 3.32.